The second-order valence-corrected chi connectivity index (χ2v) is 4.92. The maximum atomic E-state index is 9.03. The standard InChI is InChI=1S/C13H27N3/c1-6-8-16(12(4)5)9-7-13(10-14)15-11(2)3/h11-13,15H,6-9H2,1-5H3. The van der Waals surface area contributed by atoms with Gasteiger partial charge in [-0.2, -0.15) is 5.26 Å². The van der Waals surface area contributed by atoms with Crippen molar-refractivity contribution >= 4 is 0 Å². The van der Waals surface area contributed by atoms with E-state index in [-0.39, 0.29) is 6.04 Å². The van der Waals surface area contributed by atoms with E-state index in [4.69, 9.17) is 5.26 Å². The quantitative estimate of drug-likeness (QED) is 0.689. The predicted molar refractivity (Wildman–Crippen MR) is 69.3 cm³/mol. The number of rotatable bonds is 8. The Balaban J connectivity index is 4.02. The van der Waals surface area contributed by atoms with Crippen LogP contribution in [0.15, 0.2) is 0 Å². The lowest BCUT2D eigenvalue weighted by Gasteiger charge is -2.27. The van der Waals surface area contributed by atoms with Crippen LogP contribution in [0.3, 0.4) is 0 Å². The van der Waals surface area contributed by atoms with Crippen molar-refractivity contribution in [1.29, 1.82) is 5.26 Å². The molecule has 1 unspecified atom stereocenters. The Morgan fingerprint density at radius 3 is 2.19 bits per heavy atom. The van der Waals surface area contributed by atoms with Gasteiger partial charge in [0.2, 0.25) is 0 Å². The molecule has 0 aliphatic heterocycles. The Labute approximate surface area is 101 Å². The van der Waals surface area contributed by atoms with Gasteiger partial charge in [-0.15, -0.1) is 0 Å². The highest BCUT2D eigenvalue weighted by Gasteiger charge is 2.13. The maximum absolute atomic E-state index is 9.03. The van der Waals surface area contributed by atoms with Gasteiger partial charge in [-0.1, -0.05) is 6.92 Å². The van der Waals surface area contributed by atoms with Crippen LogP contribution in [-0.2, 0) is 0 Å². The van der Waals surface area contributed by atoms with Crippen molar-refractivity contribution in [2.45, 2.75) is 65.6 Å². The van der Waals surface area contributed by atoms with Crippen molar-refractivity contribution < 1.29 is 0 Å². The highest BCUT2D eigenvalue weighted by molar-refractivity contribution is 4.91. The first-order chi connectivity index (χ1) is 7.51. The van der Waals surface area contributed by atoms with Gasteiger partial charge in [0.15, 0.2) is 0 Å². The summed E-state index contributed by atoms with van der Waals surface area (Å²) in [6, 6.07) is 3.26. The third-order valence-electron chi connectivity index (χ3n) is 2.64. The van der Waals surface area contributed by atoms with Gasteiger partial charge in [0.1, 0.15) is 0 Å². The normalized spacial score (nSPS) is 13.4. The predicted octanol–water partition coefficient (Wildman–Crippen LogP) is 2.39. The van der Waals surface area contributed by atoms with Gasteiger partial charge in [0.05, 0.1) is 12.1 Å². The van der Waals surface area contributed by atoms with Crippen molar-refractivity contribution in [2.75, 3.05) is 13.1 Å². The van der Waals surface area contributed by atoms with Crippen molar-refractivity contribution in [3.8, 4) is 6.07 Å². The Bertz CT molecular complexity index is 206. The van der Waals surface area contributed by atoms with E-state index in [1.165, 1.54) is 6.42 Å². The van der Waals surface area contributed by atoms with Gasteiger partial charge in [-0.25, -0.2) is 0 Å². The average molecular weight is 225 g/mol. The summed E-state index contributed by atoms with van der Waals surface area (Å²) in [4.78, 5) is 2.44. The van der Waals surface area contributed by atoms with Gasteiger partial charge in [-0.05, 0) is 47.1 Å². The molecule has 0 saturated carbocycles. The summed E-state index contributed by atoms with van der Waals surface area (Å²) in [5.74, 6) is 0. The molecule has 0 saturated heterocycles. The SMILES string of the molecule is CCCN(CCC(C#N)NC(C)C)C(C)C. The van der Waals surface area contributed by atoms with E-state index >= 15 is 0 Å². The molecule has 1 atom stereocenters. The van der Waals surface area contributed by atoms with Gasteiger partial charge in [-0.3, -0.25) is 5.32 Å². The summed E-state index contributed by atoms with van der Waals surface area (Å²) in [6.07, 6.45) is 2.08. The molecule has 3 heteroatoms. The molecule has 0 fully saturated rings. The molecule has 0 aliphatic rings. The molecule has 0 aromatic carbocycles. The molecule has 0 aliphatic carbocycles. The van der Waals surface area contributed by atoms with E-state index in [0.29, 0.717) is 12.1 Å². The highest BCUT2D eigenvalue weighted by atomic mass is 15.1. The van der Waals surface area contributed by atoms with Crippen LogP contribution in [0, 0.1) is 11.3 Å². The van der Waals surface area contributed by atoms with E-state index in [2.05, 4.69) is 50.9 Å². The first-order valence-electron chi connectivity index (χ1n) is 6.41. The summed E-state index contributed by atoms with van der Waals surface area (Å²) >= 11 is 0. The molecule has 0 radical (unpaired) electrons. The molecule has 0 amide bonds. The molecule has 0 heterocycles. The largest absolute Gasteiger partial charge is 0.301 e. The molecule has 0 spiro atoms. The van der Waals surface area contributed by atoms with Crippen molar-refractivity contribution in [3.05, 3.63) is 0 Å². The number of hydrogen-bond donors (Lipinski definition) is 1. The van der Waals surface area contributed by atoms with Gasteiger partial charge in [0, 0.05) is 18.6 Å². The highest BCUT2D eigenvalue weighted by Crippen LogP contribution is 2.03. The molecule has 94 valence electrons. The van der Waals surface area contributed by atoms with E-state index in [1.807, 2.05) is 0 Å². The van der Waals surface area contributed by atoms with Crippen molar-refractivity contribution in [1.82, 2.24) is 10.2 Å². The van der Waals surface area contributed by atoms with E-state index in [1.54, 1.807) is 0 Å². The second-order valence-electron chi connectivity index (χ2n) is 4.92. The lowest BCUT2D eigenvalue weighted by atomic mass is 10.1. The van der Waals surface area contributed by atoms with E-state index in [0.717, 1.165) is 19.5 Å². The van der Waals surface area contributed by atoms with Crippen molar-refractivity contribution in [2.24, 2.45) is 0 Å². The van der Waals surface area contributed by atoms with Crippen molar-refractivity contribution in [3.63, 3.8) is 0 Å². The van der Waals surface area contributed by atoms with Crippen LogP contribution in [-0.4, -0.2) is 36.1 Å². The third kappa shape index (κ3) is 6.81. The molecule has 0 bridgehead atoms. The number of nitrogens with one attached hydrogen (secondary N) is 1. The van der Waals surface area contributed by atoms with Crippen LogP contribution in [0.2, 0.25) is 0 Å². The maximum Gasteiger partial charge on any atom is 0.0967 e. The molecular weight excluding hydrogens is 198 g/mol. The van der Waals surface area contributed by atoms with Crippen LogP contribution < -0.4 is 5.32 Å². The fourth-order valence-electron chi connectivity index (χ4n) is 1.80. The van der Waals surface area contributed by atoms with Crippen LogP contribution in [0.1, 0.15) is 47.5 Å². The monoisotopic (exact) mass is 225 g/mol. The third-order valence-corrected chi connectivity index (χ3v) is 2.64. The molecule has 0 aromatic rings. The number of nitriles is 1. The zero-order valence-corrected chi connectivity index (χ0v) is 11.5. The molecule has 0 rings (SSSR count). The molecule has 16 heavy (non-hydrogen) atoms. The first-order valence-corrected chi connectivity index (χ1v) is 6.41. The fourth-order valence-corrected chi connectivity index (χ4v) is 1.80. The summed E-state index contributed by atoms with van der Waals surface area (Å²) in [6.45, 7) is 12.9. The molecule has 3 nitrogen and oxygen atoms in total. The van der Waals surface area contributed by atoms with Gasteiger partial charge >= 0.3 is 0 Å². The van der Waals surface area contributed by atoms with Gasteiger partial charge < -0.3 is 4.90 Å². The fraction of sp³-hybridized carbons (Fsp3) is 0.923. The lowest BCUT2D eigenvalue weighted by Crippen LogP contribution is -2.39. The van der Waals surface area contributed by atoms with Crippen LogP contribution in [0.25, 0.3) is 0 Å². The summed E-state index contributed by atoms with van der Waals surface area (Å²) in [7, 11) is 0. The van der Waals surface area contributed by atoms with E-state index in [9.17, 15) is 0 Å². The molecule has 0 aromatic heterocycles. The summed E-state index contributed by atoms with van der Waals surface area (Å²) < 4.78 is 0. The minimum atomic E-state index is -0.0156. The minimum Gasteiger partial charge on any atom is -0.301 e. The Morgan fingerprint density at radius 2 is 1.81 bits per heavy atom. The summed E-state index contributed by atoms with van der Waals surface area (Å²) in [5, 5.41) is 12.3. The number of hydrogen-bond acceptors (Lipinski definition) is 3. The smallest absolute Gasteiger partial charge is 0.0967 e. The topological polar surface area (TPSA) is 39.1 Å². The van der Waals surface area contributed by atoms with E-state index < -0.39 is 0 Å². The Morgan fingerprint density at radius 1 is 1.19 bits per heavy atom. The van der Waals surface area contributed by atoms with Crippen LogP contribution >= 0.6 is 0 Å². The minimum absolute atomic E-state index is 0.0156. The zero-order chi connectivity index (χ0) is 12.6. The Hall–Kier alpha value is -0.590. The first kappa shape index (κ1) is 15.4. The average Bonchev–Trinajstić information content (AvgIpc) is 2.21. The second kappa shape index (κ2) is 8.55. The lowest BCUT2D eigenvalue weighted by molar-refractivity contribution is 0.213. The molecule has 1 N–H and O–H groups in total. The number of nitrogens with zero attached hydrogens (tertiary/aromatic N) is 2. The Kier molecular flexibility index (Phi) is 8.23. The van der Waals surface area contributed by atoms with Gasteiger partial charge in [0.25, 0.3) is 0 Å². The van der Waals surface area contributed by atoms with Crippen LogP contribution in [0.5, 0.6) is 0 Å². The summed E-state index contributed by atoms with van der Waals surface area (Å²) in [5.41, 5.74) is 0. The molecular formula is C13H27N3. The zero-order valence-electron chi connectivity index (χ0n) is 11.5. The van der Waals surface area contributed by atoms with Crippen LogP contribution in [0.4, 0.5) is 0 Å².